The van der Waals surface area contributed by atoms with E-state index in [1.807, 2.05) is 6.07 Å². The van der Waals surface area contributed by atoms with Crippen LogP contribution in [0.25, 0.3) is 0 Å². The molecular weight excluding hydrogens is 260 g/mol. The molecule has 0 bridgehead atoms. The van der Waals surface area contributed by atoms with E-state index in [4.69, 9.17) is 5.73 Å². The minimum absolute atomic E-state index is 0.597. The second-order valence-electron chi connectivity index (χ2n) is 5.15. The number of unbranched alkanes of at least 4 members (excludes halogenated alkanes) is 1. The van der Waals surface area contributed by atoms with Crippen LogP contribution < -0.4 is 10.6 Å². The highest BCUT2D eigenvalue weighted by molar-refractivity contribution is 5.66. The smallest absolute Gasteiger partial charge is 0.141 e. The number of hydrogen-bond donors (Lipinski definition) is 1. The number of hydrogen-bond acceptors (Lipinski definition) is 4. The van der Waals surface area contributed by atoms with Gasteiger partial charge < -0.3 is 10.6 Å². The molecule has 0 atom stereocenters. The summed E-state index contributed by atoms with van der Waals surface area (Å²) >= 11 is 0. The van der Waals surface area contributed by atoms with E-state index in [1.54, 1.807) is 6.33 Å². The van der Waals surface area contributed by atoms with Gasteiger partial charge in [-0.3, -0.25) is 0 Å². The SMILES string of the molecule is CCCCN(c1ccccc1)c1ncnc(N)c1CCC. The standard InChI is InChI=1S/C17H24N4/c1-3-5-12-21(14-10-7-6-8-11-14)17-15(9-4-2)16(18)19-13-20-17/h6-8,10-11,13H,3-5,9,12H2,1-2H3,(H2,18,19,20). The van der Waals surface area contributed by atoms with Gasteiger partial charge in [-0.15, -0.1) is 0 Å². The summed E-state index contributed by atoms with van der Waals surface area (Å²) in [5.74, 6) is 1.54. The van der Waals surface area contributed by atoms with Crippen molar-refractivity contribution in [1.82, 2.24) is 9.97 Å². The molecule has 1 aromatic heterocycles. The third-order valence-corrected chi connectivity index (χ3v) is 3.51. The fourth-order valence-electron chi connectivity index (χ4n) is 2.42. The number of para-hydroxylation sites is 1. The Morgan fingerprint density at radius 2 is 1.81 bits per heavy atom. The molecule has 112 valence electrons. The Hall–Kier alpha value is -2.10. The number of aromatic nitrogens is 2. The largest absolute Gasteiger partial charge is 0.383 e. The maximum atomic E-state index is 6.07. The summed E-state index contributed by atoms with van der Waals surface area (Å²) in [6.45, 7) is 5.28. The summed E-state index contributed by atoms with van der Waals surface area (Å²) in [5.41, 5.74) is 8.28. The van der Waals surface area contributed by atoms with E-state index in [0.29, 0.717) is 5.82 Å². The highest BCUT2D eigenvalue weighted by Gasteiger charge is 2.16. The van der Waals surface area contributed by atoms with Crippen LogP contribution in [0.1, 0.15) is 38.7 Å². The highest BCUT2D eigenvalue weighted by Crippen LogP contribution is 2.29. The molecule has 1 aromatic carbocycles. The lowest BCUT2D eigenvalue weighted by molar-refractivity contribution is 0.771. The van der Waals surface area contributed by atoms with Gasteiger partial charge in [0, 0.05) is 17.8 Å². The molecule has 4 heteroatoms. The molecule has 0 saturated heterocycles. The third kappa shape index (κ3) is 3.72. The fourth-order valence-corrected chi connectivity index (χ4v) is 2.42. The molecule has 0 amide bonds. The van der Waals surface area contributed by atoms with Crippen molar-refractivity contribution in [2.45, 2.75) is 39.5 Å². The predicted molar refractivity (Wildman–Crippen MR) is 88.8 cm³/mol. The van der Waals surface area contributed by atoms with Crippen LogP contribution in [0.15, 0.2) is 36.7 Å². The van der Waals surface area contributed by atoms with Crippen LogP contribution >= 0.6 is 0 Å². The Morgan fingerprint density at radius 1 is 1.05 bits per heavy atom. The lowest BCUT2D eigenvalue weighted by Gasteiger charge is -2.26. The van der Waals surface area contributed by atoms with Crippen LogP contribution in [0.4, 0.5) is 17.3 Å². The normalized spacial score (nSPS) is 10.6. The van der Waals surface area contributed by atoms with Crippen molar-refractivity contribution in [3.8, 4) is 0 Å². The summed E-state index contributed by atoms with van der Waals surface area (Å²) in [5, 5.41) is 0. The molecule has 0 spiro atoms. The molecule has 0 fully saturated rings. The maximum absolute atomic E-state index is 6.07. The fraction of sp³-hybridized carbons (Fsp3) is 0.412. The van der Waals surface area contributed by atoms with Crippen LogP contribution in [0.3, 0.4) is 0 Å². The van der Waals surface area contributed by atoms with Crippen molar-refractivity contribution in [1.29, 1.82) is 0 Å². The molecular formula is C17H24N4. The Bertz CT molecular complexity index is 554. The van der Waals surface area contributed by atoms with Crippen LogP contribution in [-0.2, 0) is 6.42 Å². The van der Waals surface area contributed by atoms with Crippen LogP contribution in [0.5, 0.6) is 0 Å². The van der Waals surface area contributed by atoms with Gasteiger partial charge in [-0.25, -0.2) is 9.97 Å². The van der Waals surface area contributed by atoms with Gasteiger partial charge >= 0.3 is 0 Å². The first-order chi connectivity index (χ1) is 10.3. The second-order valence-corrected chi connectivity index (χ2v) is 5.15. The minimum atomic E-state index is 0.597. The molecule has 0 aliphatic rings. The average Bonchev–Trinajstić information content (AvgIpc) is 2.52. The van der Waals surface area contributed by atoms with Gasteiger partial charge in [-0.1, -0.05) is 44.9 Å². The van der Waals surface area contributed by atoms with Crippen molar-refractivity contribution in [3.63, 3.8) is 0 Å². The summed E-state index contributed by atoms with van der Waals surface area (Å²) in [7, 11) is 0. The van der Waals surface area contributed by atoms with Gasteiger partial charge in [0.05, 0.1) is 0 Å². The van der Waals surface area contributed by atoms with E-state index >= 15 is 0 Å². The van der Waals surface area contributed by atoms with Gasteiger partial charge in [0.1, 0.15) is 18.0 Å². The van der Waals surface area contributed by atoms with E-state index < -0.39 is 0 Å². The first kappa shape index (κ1) is 15.3. The zero-order chi connectivity index (χ0) is 15.1. The molecule has 1 heterocycles. The number of anilines is 3. The Balaban J connectivity index is 2.43. The minimum Gasteiger partial charge on any atom is -0.383 e. The first-order valence-corrected chi connectivity index (χ1v) is 7.69. The molecule has 2 N–H and O–H groups in total. The maximum Gasteiger partial charge on any atom is 0.141 e. The van der Waals surface area contributed by atoms with Gasteiger partial charge in [-0.05, 0) is 25.0 Å². The Morgan fingerprint density at radius 3 is 2.48 bits per heavy atom. The molecule has 0 unspecified atom stereocenters. The summed E-state index contributed by atoms with van der Waals surface area (Å²) in [6.07, 6.45) is 5.75. The molecule has 0 radical (unpaired) electrons. The molecule has 0 saturated carbocycles. The quantitative estimate of drug-likeness (QED) is 0.836. The zero-order valence-corrected chi connectivity index (χ0v) is 12.9. The predicted octanol–water partition coefficient (Wildman–Crippen LogP) is 3.95. The lowest BCUT2D eigenvalue weighted by Crippen LogP contribution is -2.22. The number of rotatable bonds is 7. The van der Waals surface area contributed by atoms with Crippen molar-refractivity contribution in [2.24, 2.45) is 0 Å². The van der Waals surface area contributed by atoms with Gasteiger partial charge in [-0.2, -0.15) is 0 Å². The molecule has 21 heavy (non-hydrogen) atoms. The molecule has 4 nitrogen and oxygen atoms in total. The first-order valence-electron chi connectivity index (χ1n) is 7.69. The van der Waals surface area contributed by atoms with E-state index in [9.17, 15) is 0 Å². The van der Waals surface area contributed by atoms with E-state index in [0.717, 1.165) is 49.3 Å². The van der Waals surface area contributed by atoms with Crippen molar-refractivity contribution < 1.29 is 0 Å². The molecule has 2 aromatic rings. The van der Waals surface area contributed by atoms with Crippen molar-refractivity contribution >= 4 is 17.3 Å². The molecule has 0 aliphatic heterocycles. The van der Waals surface area contributed by atoms with Crippen LogP contribution in [0, 0.1) is 0 Å². The summed E-state index contributed by atoms with van der Waals surface area (Å²) in [4.78, 5) is 10.9. The van der Waals surface area contributed by atoms with E-state index in [1.165, 1.54) is 0 Å². The summed E-state index contributed by atoms with van der Waals surface area (Å²) < 4.78 is 0. The molecule has 0 aliphatic carbocycles. The highest BCUT2D eigenvalue weighted by atomic mass is 15.2. The van der Waals surface area contributed by atoms with E-state index in [-0.39, 0.29) is 0 Å². The lowest BCUT2D eigenvalue weighted by atomic mass is 10.1. The van der Waals surface area contributed by atoms with Crippen LogP contribution in [0.2, 0.25) is 0 Å². The summed E-state index contributed by atoms with van der Waals surface area (Å²) in [6, 6.07) is 10.4. The Kier molecular flexibility index (Phi) is 5.55. The zero-order valence-electron chi connectivity index (χ0n) is 12.9. The average molecular weight is 284 g/mol. The van der Waals surface area contributed by atoms with Gasteiger partial charge in [0.25, 0.3) is 0 Å². The van der Waals surface area contributed by atoms with Gasteiger partial charge in [0.2, 0.25) is 0 Å². The molecule has 2 rings (SSSR count). The van der Waals surface area contributed by atoms with E-state index in [2.05, 4.69) is 53.0 Å². The topological polar surface area (TPSA) is 55.0 Å². The van der Waals surface area contributed by atoms with Gasteiger partial charge in [0.15, 0.2) is 0 Å². The number of benzene rings is 1. The Labute approximate surface area is 127 Å². The van der Waals surface area contributed by atoms with Crippen molar-refractivity contribution in [3.05, 3.63) is 42.2 Å². The number of nitrogens with zero attached hydrogens (tertiary/aromatic N) is 3. The van der Waals surface area contributed by atoms with Crippen molar-refractivity contribution in [2.75, 3.05) is 17.2 Å². The number of nitrogens with two attached hydrogens (primary N) is 1. The van der Waals surface area contributed by atoms with Crippen LogP contribution in [-0.4, -0.2) is 16.5 Å². The second kappa shape index (κ2) is 7.62. The monoisotopic (exact) mass is 284 g/mol. The third-order valence-electron chi connectivity index (χ3n) is 3.51. The number of nitrogen functional groups attached to an aromatic ring is 1.